The van der Waals surface area contributed by atoms with Gasteiger partial charge in [-0.3, -0.25) is 9.36 Å². The third-order valence-electron chi connectivity index (χ3n) is 3.61. The van der Waals surface area contributed by atoms with Gasteiger partial charge in [-0.15, -0.1) is 0 Å². The Morgan fingerprint density at radius 2 is 2.12 bits per heavy atom. The average molecular weight is 364 g/mol. The van der Waals surface area contributed by atoms with Gasteiger partial charge in [0, 0.05) is 11.9 Å². The summed E-state index contributed by atoms with van der Waals surface area (Å²) in [7, 11) is 0. The van der Waals surface area contributed by atoms with Crippen molar-refractivity contribution in [3.63, 3.8) is 0 Å². The fraction of sp³-hybridized carbons (Fsp3) is 0.667. The summed E-state index contributed by atoms with van der Waals surface area (Å²) in [6.45, 7) is 2.61. The second-order valence-electron chi connectivity index (χ2n) is 4.92. The Bertz CT molecular complexity index is 464. The molecule has 0 unspecified atom stereocenters. The third kappa shape index (κ3) is 2.65. The molecule has 5 heteroatoms. The van der Waals surface area contributed by atoms with E-state index in [2.05, 4.69) is 36.8 Å². The maximum atomic E-state index is 12.1. The first-order valence-electron chi connectivity index (χ1n) is 5.85. The summed E-state index contributed by atoms with van der Waals surface area (Å²) in [6, 6.07) is 0. The fourth-order valence-corrected chi connectivity index (χ4v) is 3.55. The largest absolute Gasteiger partial charge is 0.298 e. The Morgan fingerprint density at radius 1 is 1.47 bits per heavy atom. The van der Waals surface area contributed by atoms with E-state index in [1.165, 1.54) is 25.7 Å². The summed E-state index contributed by atoms with van der Waals surface area (Å²) in [5, 5.41) is 0.956. The molecule has 0 atom stereocenters. The van der Waals surface area contributed by atoms with Crippen LogP contribution in [0.1, 0.15) is 31.4 Å². The number of nitrogens with zero attached hydrogens (tertiary/aromatic N) is 2. The normalized spacial score (nSPS) is 18.5. The Balaban J connectivity index is 2.30. The number of aryl methyl sites for hydroxylation is 1. The monoisotopic (exact) mass is 362 g/mol. The zero-order chi connectivity index (χ0) is 12.5. The first kappa shape index (κ1) is 13.3. The highest BCUT2D eigenvalue weighted by Crippen LogP contribution is 2.40. The minimum absolute atomic E-state index is 0.0322. The van der Waals surface area contributed by atoms with Crippen molar-refractivity contribution in [2.24, 2.45) is 5.41 Å². The van der Waals surface area contributed by atoms with Crippen LogP contribution < -0.4 is 5.56 Å². The molecular weight excluding hydrogens is 348 g/mol. The van der Waals surface area contributed by atoms with Gasteiger partial charge in [0.05, 0.1) is 12.0 Å². The van der Waals surface area contributed by atoms with Gasteiger partial charge in [0.2, 0.25) is 0 Å². The van der Waals surface area contributed by atoms with Gasteiger partial charge in [-0.25, -0.2) is 4.98 Å². The van der Waals surface area contributed by atoms with Crippen molar-refractivity contribution in [3.8, 4) is 0 Å². The molecule has 94 valence electrons. The average Bonchev–Trinajstić information content (AvgIpc) is 2.79. The standard InChI is InChI=1S/C12H16Br2N2O/c1-9-10(14)11(17)16(8-15-9)7-12(6-13)4-2-3-5-12/h8H,2-7H2,1H3. The van der Waals surface area contributed by atoms with Gasteiger partial charge in [0.1, 0.15) is 4.47 Å². The first-order chi connectivity index (χ1) is 8.08. The van der Waals surface area contributed by atoms with Crippen molar-refractivity contribution in [3.05, 3.63) is 26.8 Å². The van der Waals surface area contributed by atoms with E-state index < -0.39 is 0 Å². The van der Waals surface area contributed by atoms with E-state index in [4.69, 9.17) is 0 Å². The number of hydrogen-bond acceptors (Lipinski definition) is 2. The lowest BCUT2D eigenvalue weighted by atomic mass is 9.89. The lowest BCUT2D eigenvalue weighted by Gasteiger charge is -2.27. The van der Waals surface area contributed by atoms with E-state index in [1.807, 2.05) is 6.92 Å². The van der Waals surface area contributed by atoms with E-state index >= 15 is 0 Å². The highest BCUT2D eigenvalue weighted by Gasteiger charge is 2.33. The molecule has 3 nitrogen and oxygen atoms in total. The van der Waals surface area contributed by atoms with E-state index in [0.29, 0.717) is 4.47 Å². The smallest absolute Gasteiger partial charge is 0.267 e. The lowest BCUT2D eigenvalue weighted by Crippen LogP contribution is -2.32. The predicted octanol–water partition coefficient (Wildman–Crippen LogP) is 3.27. The van der Waals surface area contributed by atoms with Gasteiger partial charge in [-0.1, -0.05) is 28.8 Å². The molecule has 1 aromatic rings. The molecular formula is C12H16Br2N2O. The molecule has 1 saturated carbocycles. The van der Waals surface area contributed by atoms with Crippen LogP contribution in [-0.4, -0.2) is 14.9 Å². The van der Waals surface area contributed by atoms with Crippen LogP contribution in [0.15, 0.2) is 15.6 Å². The van der Waals surface area contributed by atoms with E-state index in [1.54, 1.807) is 10.9 Å². The molecule has 0 bridgehead atoms. The van der Waals surface area contributed by atoms with Crippen molar-refractivity contribution >= 4 is 31.9 Å². The van der Waals surface area contributed by atoms with E-state index in [-0.39, 0.29) is 11.0 Å². The zero-order valence-corrected chi connectivity index (χ0v) is 13.1. The van der Waals surface area contributed by atoms with Gasteiger partial charge in [0.25, 0.3) is 5.56 Å². The number of alkyl halides is 1. The molecule has 1 aromatic heterocycles. The SMILES string of the molecule is Cc1ncn(CC2(CBr)CCCC2)c(=O)c1Br. The maximum absolute atomic E-state index is 12.1. The summed E-state index contributed by atoms with van der Waals surface area (Å²) in [4.78, 5) is 16.3. The number of aromatic nitrogens is 2. The molecule has 17 heavy (non-hydrogen) atoms. The van der Waals surface area contributed by atoms with Crippen LogP contribution in [-0.2, 0) is 6.54 Å². The molecule has 0 aromatic carbocycles. The summed E-state index contributed by atoms with van der Waals surface area (Å²) in [5.41, 5.74) is 1.02. The first-order valence-corrected chi connectivity index (χ1v) is 7.77. The molecule has 0 spiro atoms. The lowest BCUT2D eigenvalue weighted by molar-refractivity contribution is 0.286. The molecule has 0 aliphatic heterocycles. The number of rotatable bonds is 3. The van der Waals surface area contributed by atoms with Crippen molar-refractivity contribution in [2.45, 2.75) is 39.2 Å². The van der Waals surface area contributed by atoms with Gasteiger partial charge in [0.15, 0.2) is 0 Å². The van der Waals surface area contributed by atoms with Crippen LogP contribution in [0.3, 0.4) is 0 Å². The Labute approximate surface area is 118 Å². The quantitative estimate of drug-likeness (QED) is 0.772. The Hall–Kier alpha value is -0.160. The molecule has 1 heterocycles. The van der Waals surface area contributed by atoms with Crippen molar-refractivity contribution in [1.82, 2.24) is 9.55 Å². The summed E-state index contributed by atoms with van der Waals surface area (Å²) >= 11 is 6.91. The molecule has 0 radical (unpaired) electrons. The highest BCUT2D eigenvalue weighted by molar-refractivity contribution is 9.10. The van der Waals surface area contributed by atoms with Crippen LogP contribution in [0.25, 0.3) is 0 Å². The zero-order valence-electron chi connectivity index (χ0n) is 9.88. The molecule has 1 aliphatic carbocycles. The summed E-state index contributed by atoms with van der Waals surface area (Å²) < 4.78 is 2.33. The summed E-state index contributed by atoms with van der Waals surface area (Å²) in [5.74, 6) is 0. The van der Waals surface area contributed by atoms with Crippen molar-refractivity contribution < 1.29 is 0 Å². The molecule has 0 N–H and O–H groups in total. The number of halogens is 2. The molecule has 0 amide bonds. The Morgan fingerprint density at radius 3 is 2.71 bits per heavy atom. The van der Waals surface area contributed by atoms with E-state index in [9.17, 15) is 4.79 Å². The van der Waals surface area contributed by atoms with Gasteiger partial charge >= 0.3 is 0 Å². The predicted molar refractivity (Wildman–Crippen MR) is 75.6 cm³/mol. The van der Waals surface area contributed by atoms with Crippen molar-refractivity contribution in [2.75, 3.05) is 5.33 Å². The third-order valence-corrected chi connectivity index (χ3v) is 5.71. The van der Waals surface area contributed by atoms with Crippen LogP contribution in [0.5, 0.6) is 0 Å². The fourth-order valence-electron chi connectivity index (χ4n) is 2.48. The molecule has 2 rings (SSSR count). The minimum Gasteiger partial charge on any atom is -0.298 e. The molecule has 1 aliphatic rings. The maximum Gasteiger partial charge on any atom is 0.267 e. The molecule has 1 fully saturated rings. The summed E-state index contributed by atoms with van der Waals surface area (Å²) in [6.07, 6.45) is 6.58. The number of hydrogen-bond donors (Lipinski definition) is 0. The van der Waals surface area contributed by atoms with Crippen LogP contribution in [0.4, 0.5) is 0 Å². The van der Waals surface area contributed by atoms with Gasteiger partial charge < -0.3 is 0 Å². The topological polar surface area (TPSA) is 34.9 Å². The Kier molecular flexibility index (Phi) is 4.08. The van der Waals surface area contributed by atoms with Crippen LogP contribution in [0, 0.1) is 12.3 Å². The van der Waals surface area contributed by atoms with Gasteiger partial charge in [-0.05, 0) is 41.1 Å². The second-order valence-corrected chi connectivity index (χ2v) is 6.27. The van der Waals surface area contributed by atoms with Crippen molar-refractivity contribution in [1.29, 1.82) is 0 Å². The van der Waals surface area contributed by atoms with E-state index in [0.717, 1.165) is 17.6 Å². The van der Waals surface area contributed by atoms with Crippen LogP contribution >= 0.6 is 31.9 Å². The highest BCUT2D eigenvalue weighted by atomic mass is 79.9. The van der Waals surface area contributed by atoms with Crippen LogP contribution in [0.2, 0.25) is 0 Å². The second kappa shape index (κ2) is 5.22. The minimum atomic E-state index is 0.0322. The van der Waals surface area contributed by atoms with Gasteiger partial charge in [-0.2, -0.15) is 0 Å². The molecule has 0 saturated heterocycles.